The van der Waals surface area contributed by atoms with E-state index < -0.39 is 0 Å². The van der Waals surface area contributed by atoms with Gasteiger partial charge in [-0.05, 0) is 49.5 Å². The van der Waals surface area contributed by atoms with E-state index in [4.69, 9.17) is 5.41 Å². The zero-order chi connectivity index (χ0) is 15.4. The molecule has 0 aromatic carbocycles. The summed E-state index contributed by atoms with van der Waals surface area (Å²) in [6.07, 6.45) is 5.92. The predicted octanol–water partition coefficient (Wildman–Crippen LogP) is 4.44. The van der Waals surface area contributed by atoms with Gasteiger partial charge in [0.05, 0.1) is 5.57 Å². The molecule has 1 aromatic heterocycles. The summed E-state index contributed by atoms with van der Waals surface area (Å²) >= 11 is 1.71. The van der Waals surface area contributed by atoms with Crippen molar-refractivity contribution in [1.82, 2.24) is 4.98 Å². The van der Waals surface area contributed by atoms with E-state index in [1.807, 2.05) is 19.1 Å². The van der Waals surface area contributed by atoms with Crippen LogP contribution in [0.5, 0.6) is 0 Å². The molecule has 0 saturated heterocycles. The average molecular weight is 297 g/mol. The fraction of sp³-hybridized carbons (Fsp3) is 0.353. The van der Waals surface area contributed by atoms with Crippen molar-refractivity contribution in [3.8, 4) is 6.07 Å². The van der Waals surface area contributed by atoms with Crippen molar-refractivity contribution < 1.29 is 0 Å². The van der Waals surface area contributed by atoms with Gasteiger partial charge < -0.3 is 5.41 Å². The van der Waals surface area contributed by atoms with Crippen LogP contribution in [0.4, 0.5) is 0 Å². The van der Waals surface area contributed by atoms with E-state index >= 15 is 0 Å². The van der Waals surface area contributed by atoms with E-state index in [1.165, 1.54) is 11.8 Å². The van der Waals surface area contributed by atoms with Crippen LogP contribution in [-0.4, -0.2) is 16.4 Å². The van der Waals surface area contributed by atoms with Crippen molar-refractivity contribution >= 4 is 23.5 Å². The van der Waals surface area contributed by atoms with Gasteiger partial charge in [-0.25, -0.2) is 0 Å². The van der Waals surface area contributed by atoms with Crippen LogP contribution in [0.25, 0.3) is 5.57 Å². The molecule has 3 nitrogen and oxygen atoms in total. The van der Waals surface area contributed by atoms with Gasteiger partial charge >= 0.3 is 0 Å². The molecule has 1 heterocycles. The van der Waals surface area contributed by atoms with Gasteiger partial charge in [-0.2, -0.15) is 5.26 Å². The van der Waals surface area contributed by atoms with Gasteiger partial charge in [0.2, 0.25) is 0 Å². The quantitative estimate of drug-likeness (QED) is 0.660. The number of rotatable bonds is 4. The van der Waals surface area contributed by atoms with E-state index in [1.54, 1.807) is 24.2 Å². The van der Waals surface area contributed by atoms with Crippen LogP contribution in [0.15, 0.2) is 40.6 Å². The highest BCUT2D eigenvalue weighted by molar-refractivity contribution is 8.04. The van der Waals surface area contributed by atoms with Crippen molar-refractivity contribution in [2.75, 3.05) is 0 Å². The molecule has 0 bridgehead atoms. The van der Waals surface area contributed by atoms with Crippen molar-refractivity contribution in [2.45, 2.75) is 32.4 Å². The molecule has 1 aromatic rings. The van der Waals surface area contributed by atoms with Gasteiger partial charge in [0.25, 0.3) is 0 Å². The van der Waals surface area contributed by atoms with E-state index in [2.05, 4.69) is 24.9 Å². The highest BCUT2D eigenvalue weighted by Crippen LogP contribution is 2.42. The number of thioether (sulfide) groups is 1. The Morgan fingerprint density at radius 2 is 2.14 bits per heavy atom. The maximum absolute atomic E-state index is 9.47. The molecule has 2 atom stereocenters. The van der Waals surface area contributed by atoms with Crippen molar-refractivity contribution in [1.29, 1.82) is 10.7 Å². The molecule has 0 fully saturated rings. The second-order valence-electron chi connectivity index (χ2n) is 5.38. The third kappa shape index (κ3) is 3.25. The summed E-state index contributed by atoms with van der Waals surface area (Å²) in [6, 6.07) is 6.03. The van der Waals surface area contributed by atoms with Crippen molar-refractivity contribution in [2.24, 2.45) is 5.92 Å². The van der Waals surface area contributed by atoms with Crippen LogP contribution in [0, 0.1) is 22.7 Å². The second-order valence-corrected chi connectivity index (χ2v) is 6.73. The van der Waals surface area contributed by atoms with E-state index in [-0.39, 0.29) is 5.25 Å². The molecule has 0 amide bonds. The minimum absolute atomic E-state index is 0.271. The highest BCUT2D eigenvalue weighted by Gasteiger charge is 2.30. The van der Waals surface area contributed by atoms with Gasteiger partial charge in [0.1, 0.15) is 6.07 Å². The van der Waals surface area contributed by atoms with E-state index in [0.29, 0.717) is 11.5 Å². The van der Waals surface area contributed by atoms with Gasteiger partial charge in [-0.1, -0.05) is 12.5 Å². The Balaban J connectivity index is 2.32. The van der Waals surface area contributed by atoms with Crippen LogP contribution >= 0.6 is 11.8 Å². The van der Waals surface area contributed by atoms with Crippen molar-refractivity contribution in [3.63, 3.8) is 0 Å². The van der Waals surface area contributed by atoms with Gasteiger partial charge in [-0.3, -0.25) is 4.98 Å². The summed E-state index contributed by atoms with van der Waals surface area (Å²) in [5.41, 5.74) is 4.01. The Kier molecular flexibility index (Phi) is 4.98. The Morgan fingerprint density at radius 1 is 1.48 bits per heavy atom. The molecule has 1 aliphatic rings. The van der Waals surface area contributed by atoms with Crippen LogP contribution in [0.3, 0.4) is 0 Å². The summed E-state index contributed by atoms with van der Waals surface area (Å²) in [4.78, 5) is 5.00. The number of aromatic nitrogens is 1. The Morgan fingerprint density at radius 3 is 2.71 bits per heavy atom. The summed E-state index contributed by atoms with van der Waals surface area (Å²) in [6.45, 7) is 6.31. The normalized spacial score (nSPS) is 22.8. The SMILES string of the molecule is CC1=C(C=N)C(S/C(C)=C(\C#N)c2ccncc2)C(C)C1. The molecular formula is C17H19N3S. The molecule has 2 rings (SSSR count). The summed E-state index contributed by atoms with van der Waals surface area (Å²) < 4.78 is 0. The maximum Gasteiger partial charge on any atom is 0.101 e. The molecule has 0 spiro atoms. The lowest BCUT2D eigenvalue weighted by Gasteiger charge is -2.18. The molecule has 0 aliphatic heterocycles. The molecule has 0 saturated carbocycles. The number of pyridine rings is 1. The number of allylic oxidation sites excluding steroid dienone is 3. The number of nitrogens with one attached hydrogen (secondary N) is 1. The summed E-state index contributed by atoms with van der Waals surface area (Å²) in [5.74, 6) is 0.499. The molecule has 1 N–H and O–H groups in total. The maximum atomic E-state index is 9.47. The first-order valence-electron chi connectivity index (χ1n) is 6.96. The predicted molar refractivity (Wildman–Crippen MR) is 89.1 cm³/mol. The molecule has 4 heteroatoms. The van der Waals surface area contributed by atoms with E-state index in [0.717, 1.165) is 22.5 Å². The lowest BCUT2D eigenvalue weighted by Crippen LogP contribution is -2.11. The smallest absolute Gasteiger partial charge is 0.101 e. The zero-order valence-electron chi connectivity index (χ0n) is 12.6. The molecule has 108 valence electrons. The van der Waals surface area contributed by atoms with Crippen LogP contribution in [0.2, 0.25) is 0 Å². The Labute approximate surface area is 130 Å². The third-order valence-corrected chi connectivity index (χ3v) is 5.37. The number of nitriles is 1. The molecule has 1 aliphatic carbocycles. The number of hydrogen-bond acceptors (Lipinski definition) is 4. The largest absolute Gasteiger partial charge is 0.308 e. The standard InChI is InChI=1S/C17H19N3S/c1-11-8-12(2)17(15(11)9-18)21-13(3)16(10-19)14-4-6-20-7-5-14/h4-7,9,12,17-18H,8H2,1-3H3/b16-13+,18-9?. The molecule has 2 unspecified atom stereocenters. The Bertz CT molecular complexity index is 638. The lowest BCUT2D eigenvalue weighted by molar-refractivity contribution is 0.637. The van der Waals surface area contributed by atoms with Crippen molar-refractivity contribution in [3.05, 3.63) is 46.1 Å². The Hall–Kier alpha value is -1.86. The average Bonchev–Trinajstić information content (AvgIpc) is 2.74. The van der Waals surface area contributed by atoms with Gasteiger partial charge in [0, 0.05) is 28.8 Å². The fourth-order valence-corrected chi connectivity index (χ4v) is 4.14. The summed E-state index contributed by atoms with van der Waals surface area (Å²) in [7, 11) is 0. The zero-order valence-corrected chi connectivity index (χ0v) is 13.4. The van der Waals surface area contributed by atoms with Crippen LogP contribution in [0.1, 0.15) is 32.8 Å². The summed E-state index contributed by atoms with van der Waals surface area (Å²) in [5, 5.41) is 17.4. The topological polar surface area (TPSA) is 60.5 Å². The highest BCUT2D eigenvalue weighted by atomic mass is 32.2. The third-order valence-electron chi connectivity index (χ3n) is 3.84. The fourth-order valence-electron chi connectivity index (χ4n) is 2.76. The minimum Gasteiger partial charge on any atom is -0.308 e. The monoisotopic (exact) mass is 297 g/mol. The lowest BCUT2D eigenvalue weighted by atomic mass is 10.1. The molecule has 21 heavy (non-hydrogen) atoms. The first-order chi connectivity index (χ1) is 10.1. The molecular weight excluding hydrogens is 278 g/mol. The number of hydrogen-bond donors (Lipinski definition) is 1. The van der Waals surface area contributed by atoms with Gasteiger partial charge in [-0.15, -0.1) is 11.8 Å². The van der Waals surface area contributed by atoms with Gasteiger partial charge in [0.15, 0.2) is 0 Å². The molecule has 0 radical (unpaired) electrons. The second kappa shape index (κ2) is 6.73. The number of nitrogens with zero attached hydrogens (tertiary/aromatic N) is 2. The first kappa shape index (κ1) is 15.5. The first-order valence-corrected chi connectivity index (χ1v) is 7.84. The van der Waals surface area contributed by atoms with E-state index in [9.17, 15) is 5.26 Å². The minimum atomic E-state index is 0.271. The van der Waals surface area contributed by atoms with Crippen LogP contribution in [-0.2, 0) is 0 Å². The van der Waals surface area contributed by atoms with Crippen LogP contribution < -0.4 is 0 Å².